The average molecular weight is 486 g/mol. The van der Waals surface area contributed by atoms with Crippen molar-refractivity contribution in [3.05, 3.63) is 101 Å². The van der Waals surface area contributed by atoms with E-state index in [4.69, 9.17) is 0 Å². The molecule has 0 aliphatic rings. The molecule has 0 saturated heterocycles. The molecule has 1 heterocycles. The van der Waals surface area contributed by atoms with Crippen LogP contribution in [0, 0.1) is 13.8 Å². The molecule has 0 radical (unpaired) electrons. The lowest BCUT2D eigenvalue weighted by Crippen LogP contribution is -2.34. The Balaban J connectivity index is 1.39. The summed E-state index contributed by atoms with van der Waals surface area (Å²) in [5, 5.41) is 14.9. The first-order valence-corrected chi connectivity index (χ1v) is 12.3. The minimum atomic E-state index is -0.265. The van der Waals surface area contributed by atoms with Crippen LogP contribution in [0.1, 0.15) is 22.5 Å². The van der Waals surface area contributed by atoms with E-state index < -0.39 is 0 Å². The fourth-order valence-electron chi connectivity index (χ4n) is 3.68. The van der Waals surface area contributed by atoms with Crippen LogP contribution in [0.25, 0.3) is 5.69 Å². The molecule has 0 fully saturated rings. The highest BCUT2D eigenvalue weighted by Gasteiger charge is 2.17. The number of carbonyl (C=O) groups is 2. The Morgan fingerprint density at radius 1 is 0.829 bits per heavy atom. The summed E-state index contributed by atoms with van der Waals surface area (Å²) < 4.78 is 1.97. The first-order chi connectivity index (χ1) is 17.0. The van der Waals surface area contributed by atoms with Gasteiger partial charge in [0.25, 0.3) is 0 Å². The van der Waals surface area contributed by atoms with Gasteiger partial charge in [-0.3, -0.25) is 14.2 Å². The normalized spacial score (nSPS) is 10.7. The van der Waals surface area contributed by atoms with Crippen LogP contribution in [-0.4, -0.2) is 38.9 Å². The molecule has 0 spiro atoms. The number of aromatic nitrogens is 3. The summed E-state index contributed by atoms with van der Waals surface area (Å²) in [4.78, 5) is 24.8. The summed E-state index contributed by atoms with van der Waals surface area (Å²) in [6, 6.07) is 25.7. The van der Waals surface area contributed by atoms with E-state index in [0.717, 1.165) is 33.9 Å². The number of amides is 2. The third-order valence-electron chi connectivity index (χ3n) is 5.44. The van der Waals surface area contributed by atoms with Crippen molar-refractivity contribution in [2.45, 2.75) is 25.4 Å². The molecule has 0 atom stereocenters. The second-order valence-corrected chi connectivity index (χ2v) is 9.06. The summed E-state index contributed by atoms with van der Waals surface area (Å²) >= 11 is 1.29. The molecule has 8 heteroatoms. The molecular weight excluding hydrogens is 458 g/mol. The number of nitrogens with one attached hydrogen (secondary N) is 2. The lowest BCUT2D eigenvalue weighted by Gasteiger charge is -2.12. The second kappa shape index (κ2) is 11.5. The molecule has 1 aromatic heterocycles. The summed E-state index contributed by atoms with van der Waals surface area (Å²) in [5.41, 5.74) is 4.79. The van der Waals surface area contributed by atoms with Gasteiger partial charge in [0.1, 0.15) is 5.82 Å². The number of para-hydroxylation sites is 2. The molecule has 4 rings (SSSR count). The number of thioether (sulfide) groups is 1. The molecule has 0 aliphatic carbocycles. The van der Waals surface area contributed by atoms with E-state index >= 15 is 0 Å². The number of anilines is 1. The molecule has 0 unspecified atom stereocenters. The highest BCUT2D eigenvalue weighted by molar-refractivity contribution is 7.99. The SMILES string of the molecule is Cc1cccc(C)c1NC(=O)CNC(=O)CSc1nnc(Cc2ccccc2)n1-c1ccccc1. The van der Waals surface area contributed by atoms with Crippen molar-refractivity contribution in [3.8, 4) is 5.69 Å². The zero-order valence-corrected chi connectivity index (χ0v) is 20.5. The fourth-order valence-corrected chi connectivity index (χ4v) is 4.48. The van der Waals surface area contributed by atoms with Crippen LogP contribution in [0.2, 0.25) is 0 Å². The van der Waals surface area contributed by atoms with Crippen LogP contribution in [0.3, 0.4) is 0 Å². The first-order valence-electron chi connectivity index (χ1n) is 11.3. The monoisotopic (exact) mass is 485 g/mol. The molecule has 0 aliphatic heterocycles. The molecule has 35 heavy (non-hydrogen) atoms. The number of carbonyl (C=O) groups excluding carboxylic acids is 2. The van der Waals surface area contributed by atoms with Gasteiger partial charge in [0.05, 0.1) is 12.3 Å². The maximum Gasteiger partial charge on any atom is 0.243 e. The van der Waals surface area contributed by atoms with E-state index in [1.807, 2.05) is 97.3 Å². The lowest BCUT2D eigenvalue weighted by atomic mass is 10.1. The largest absolute Gasteiger partial charge is 0.346 e. The molecule has 2 N–H and O–H groups in total. The Kier molecular flexibility index (Phi) is 7.95. The fraction of sp³-hybridized carbons (Fsp3) is 0.185. The lowest BCUT2D eigenvalue weighted by molar-refractivity contribution is -0.122. The second-order valence-electron chi connectivity index (χ2n) is 8.11. The van der Waals surface area contributed by atoms with Crippen molar-refractivity contribution in [2.75, 3.05) is 17.6 Å². The van der Waals surface area contributed by atoms with Crippen LogP contribution >= 0.6 is 11.8 Å². The Labute approximate surface area is 209 Å². The standard InChI is InChI=1S/C27H27N5O2S/c1-19-10-9-11-20(2)26(19)29-24(33)17-28-25(34)18-35-27-31-30-23(16-21-12-5-3-6-13-21)32(27)22-14-7-4-8-15-22/h3-15H,16-18H2,1-2H3,(H,28,34)(H,29,33). The first kappa shape index (κ1) is 24.2. The predicted octanol–water partition coefficient (Wildman–Crippen LogP) is 4.32. The van der Waals surface area contributed by atoms with E-state index in [1.165, 1.54) is 11.8 Å². The quantitative estimate of drug-likeness (QED) is 0.345. The predicted molar refractivity (Wildman–Crippen MR) is 139 cm³/mol. The van der Waals surface area contributed by atoms with Crippen molar-refractivity contribution in [2.24, 2.45) is 0 Å². The summed E-state index contributed by atoms with van der Waals surface area (Å²) in [5.74, 6) is 0.392. The Bertz CT molecular complexity index is 1290. The summed E-state index contributed by atoms with van der Waals surface area (Å²) in [7, 11) is 0. The molecule has 3 aromatic carbocycles. The smallest absolute Gasteiger partial charge is 0.243 e. The van der Waals surface area contributed by atoms with Crippen molar-refractivity contribution in [1.29, 1.82) is 0 Å². The number of aryl methyl sites for hydroxylation is 2. The topological polar surface area (TPSA) is 88.9 Å². The zero-order valence-electron chi connectivity index (χ0n) is 19.7. The third-order valence-corrected chi connectivity index (χ3v) is 6.37. The zero-order chi connectivity index (χ0) is 24.6. The third kappa shape index (κ3) is 6.36. The number of hydrogen-bond donors (Lipinski definition) is 2. The van der Waals surface area contributed by atoms with Gasteiger partial charge in [-0.2, -0.15) is 0 Å². The molecule has 0 bridgehead atoms. The van der Waals surface area contributed by atoms with E-state index in [-0.39, 0.29) is 24.1 Å². The number of benzene rings is 3. The Morgan fingerprint density at radius 3 is 2.17 bits per heavy atom. The van der Waals surface area contributed by atoms with Gasteiger partial charge in [0, 0.05) is 17.8 Å². The van der Waals surface area contributed by atoms with Crippen LogP contribution in [-0.2, 0) is 16.0 Å². The van der Waals surface area contributed by atoms with Crippen LogP contribution in [0.15, 0.2) is 84.0 Å². The van der Waals surface area contributed by atoms with Gasteiger partial charge in [-0.05, 0) is 42.7 Å². The van der Waals surface area contributed by atoms with Crippen molar-refractivity contribution >= 4 is 29.3 Å². The maximum atomic E-state index is 12.5. The van der Waals surface area contributed by atoms with E-state index in [1.54, 1.807) is 0 Å². The molecular formula is C27H27N5O2S. The van der Waals surface area contributed by atoms with Gasteiger partial charge in [0.2, 0.25) is 11.8 Å². The minimum Gasteiger partial charge on any atom is -0.346 e. The van der Waals surface area contributed by atoms with Crippen LogP contribution in [0.5, 0.6) is 0 Å². The maximum absolute atomic E-state index is 12.5. The molecule has 0 saturated carbocycles. The molecule has 178 valence electrons. The minimum absolute atomic E-state index is 0.0994. The van der Waals surface area contributed by atoms with Crippen LogP contribution in [0.4, 0.5) is 5.69 Å². The van der Waals surface area contributed by atoms with Crippen molar-refractivity contribution in [1.82, 2.24) is 20.1 Å². The molecule has 7 nitrogen and oxygen atoms in total. The van der Waals surface area contributed by atoms with Crippen molar-refractivity contribution in [3.63, 3.8) is 0 Å². The van der Waals surface area contributed by atoms with Gasteiger partial charge < -0.3 is 10.6 Å². The number of rotatable bonds is 9. The highest BCUT2D eigenvalue weighted by atomic mass is 32.2. The Hall–Kier alpha value is -3.91. The molecule has 4 aromatic rings. The van der Waals surface area contributed by atoms with Gasteiger partial charge in [0.15, 0.2) is 5.16 Å². The van der Waals surface area contributed by atoms with Gasteiger partial charge in [-0.15, -0.1) is 10.2 Å². The van der Waals surface area contributed by atoms with E-state index in [9.17, 15) is 9.59 Å². The Morgan fingerprint density at radius 2 is 1.49 bits per heavy atom. The molecule has 2 amide bonds. The van der Waals surface area contributed by atoms with Crippen LogP contribution < -0.4 is 10.6 Å². The summed E-state index contributed by atoms with van der Waals surface area (Å²) in [6.45, 7) is 3.78. The summed E-state index contributed by atoms with van der Waals surface area (Å²) in [6.07, 6.45) is 0.619. The van der Waals surface area contributed by atoms with E-state index in [0.29, 0.717) is 11.6 Å². The average Bonchev–Trinajstić information content (AvgIpc) is 3.27. The van der Waals surface area contributed by atoms with Gasteiger partial charge >= 0.3 is 0 Å². The highest BCUT2D eigenvalue weighted by Crippen LogP contribution is 2.23. The number of hydrogen-bond acceptors (Lipinski definition) is 5. The van der Waals surface area contributed by atoms with E-state index in [2.05, 4.69) is 20.8 Å². The van der Waals surface area contributed by atoms with Crippen molar-refractivity contribution < 1.29 is 9.59 Å². The number of nitrogens with zero attached hydrogens (tertiary/aromatic N) is 3. The van der Waals surface area contributed by atoms with Gasteiger partial charge in [-0.1, -0.05) is 78.5 Å². The van der Waals surface area contributed by atoms with Gasteiger partial charge in [-0.25, -0.2) is 0 Å².